The monoisotopic (exact) mass is 422 g/mol. The summed E-state index contributed by atoms with van der Waals surface area (Å²) in [6.45, 7) is 1.50. The van der Waals surface area contributed by atoms with Crippen molar-refractivity contribution < 1.29 is 14.3 Å². The predicted octanol–water partition coefficient (Wildman–Crippen LogP) is 5.11. The zero-order valence-electron chi connectivity index (χ0n) is 14.4. The topological polar surface area (TPSA) is 68.3 Å². The average Bonchev–Trinajstić information content (AvgIpc) is 3.06. The Morgan fingerprint density at radius 3 is 2.74 bits per heavy atom. The standard InChI is InChI=1S/C19H16Cl2N2O3S/c1-11(19(25)23-14-7-4-5-12(20)18(14)21)26-17(24)10-9-16-22-13-6-2-3-8-15(13)27-16/h2-8,11H,9-10H2,1H3,(H,23,25)/t11-/m1/s1. The molecule has 0 aliphatic heterocycles. The summed E-state index contributed by atoms with van der Waals surface area (Å²) < 4.78 is 6.28. The Hall–Kier alpha value is -2.15. The van der Waals surface area contributed by atoms with Gasteiger partial charge in [0.1, 0.15) is 0 Å². The molecule has 27 heavy (non-hydrogen) atoms. The van der Waals surface area contributed by atoms with Gasteiger partial charge in [0, 0.05) is 6.42 Å². The number of esters is 1. The first-order valence-corrected chi connectivity index (χ1v) is 9.80. The smallest absolute Gasteiger partial charge is 0.306 e. The number of anilines is 1. The number of carbonyl (C=O) groups excluding carboxylic acids is 2. The molecule has 0 saturated heterocycles. The number of para-hydroxylation sites is 1. The van der Waals surface area contributed by atoms with E-state index in [0.717, 1.165) is 15.2 Å². The minimum atomic E-state index is -0.956. The maximum Gasteiger partial charge on any atom is 0.306 e. The van der Waals surface area contributed by atoms with E-state index in [1.807, 2.05) is 24.3 Å². The van der Waals surface area contributed by atoms with E-state index < -0.39 is 18.0 Å². The van der Waals surface area contributed by atoms with Crippen molar-refractivity contribution in [1.29, 1.82) is 0 Å². The highest BCUT2D eigenvalue weighted by atomic mass is 35.5. The van der Waals surface area contributed by atoms with E-state index in [1.54, 1.807) is 29.5 Å². The lowest BCUT2D eigenvalue weighted by Gasteiger charge is -2.14. The first kappa shape index (κ1) is 19.6. The molecule has 5 nitrogen and oxygen atoms in total. The van der Waals surface area contributed by atoms with Crippen molar-refractivity contribution in [3.8, 4) is 0 Å². The lowest BCUT2D eigenvalue weighted by atomic mass is 10.3. The fourth-order valence-corrected chi connectivity index (χ4v) is 3.69. The summed E-state index contributed by atoms with van der Waals surface area (Å²) in [7, 11) is 0. The van der Waals surface area contributed by atoms with Gasteiger partial charge in [-0.2, -0.15) is 0 Å². The fraction of sp³-hybridized carbons (Fsp3) is 0.211. The average molecular weight is 423 g/mol. The number of aryl methyl sites for hydroxylation is 1. The zero-order chi connectivity index (χ0) is 19.4. The molecule has 0 spiro atoms. The van der Waals surface area contributed by atoms with Crippen molar-refractivity contribution in [3.05, 3.63) is 57.5 Å². The molecule has 3 rings (SSSR count). The summed E-state index contributed by atoms with van der Waals surface area (Å²) >= 11 is 13.5. The number of aromatic nitrogens is 1. The predicted molar refractivity (Wildman–Crippen MR) is 109 cm³/mol. The van der Waals surface area contributed by atoms with Crippen LogP contribution in [0.5, 0.6) is 0 Å². The Morgan fingerprint density at radius 1 is 1.19 bits per heavy atom. The van der Waals surface area contributed by atoms with Gasteiger partial charge in [0.2, 0.25) is 0 Å². The quantitative estimate of drug-likeness (QED) is 0.560. The Balaban J connectivity index is 1.52. The third-order valence-corrected chi connectivity index (χ3v) is 5.68. The van der Waals surface area contributed by atoms with Gasteiger partial charge in [0.15, 0.2) is 6.10 Å². The van der Waals surface area contributed by atoms with Crippen LogP contribution in [0.4, 0.5) is 5.69 Å². The molecule has 1 aromatic heterocycles. The van der Waals surface area contributed by atoms with Crippen LogP contribution in [0.15, 0.2) is 42.5 Å². The number of halogens is 2. The number of fused-ring (bicyclic) bond motifs is 1. The van der Waals surface area contributed by atoms with Crippen LogP contribution in [0.25, 0.3) is 10.2 Å². The Morgan fingerprint density at radius 2 is 1.96 bits per heavy atom. The molecule has 1 amide bonds. The normalized spacial score (nSPS) is 12.0. The van der Waals surface area contributed by atoms with Gasteiger partial charge in [-0.3, -0.25) is 9.59 Å². The van der Waals surface area contributed by atoms with Crippen LogP contribution >= 0.6 is 34.5 Å². The van der Waals surface area contributed by atoms with Crippen molar-refractivity contribution in [2.24, 2.45) is 0 Å². The van der Waals surface area contributed by atoms with Gasteiger partial charge in [-0.1, -0.05) is 41.4 Å². The molecule has 1 atom stereocenters. The van der Waals surface area contributed by atoms with Gasteiger partial charge >= 0.3 is 5.97 Å². The molecule has 0 unspecified atom stereocenters. The van der Waals surface area contributed by atoms with E-state index in [2.05, 4.69) is 10.3 Å². The van der Waals surface area contributed by atoms with E-state index in [9.17, 15) is 9.59 Å². The molecular weight excluding hydrogens is 407 g/mol. The number of nitrogens with zero attached hydrogens (tertiary/aromatic N) is 1. The molecule has 0 aliphatic rings. The number of benzene rings is 2. The molecule has 8 heteroatoms. The first-order valence-electron chi connectivity index (χ1n) is 8.23. The van der Waals surface area contributed by atoms with Gasteiger partial charge < -0.3 is 10.1 Å². The third-order valence-electron chi connectivity index (χ3n) is 3.77. The number of ether oxygens (including phenoxy) is 1. The summed E-state index contributed by atoms with van der Waals surface area (Å²) in [6, 6.07) is 12.7. The SMILES string of the molecule is C[C@@H](OC(=O)CCc1nc2ccccc2s1)C(=O)Nc1cccc(Cl)c1Cl. The highest BCUT2D eigenvalue weighted by Gasteiger charge is 2.19. The zero-order valence-corrected chi connectivity index (χ0v) is 16.7. The second kappa shape index (κ2) is 8.69. The lowest BCUT2D eigenvalue weighted by Crippen LogP contribution is -2.30. The minimum Gasteiger partial charge on any atom is -0.453 e. The van der Waals surface area contributed by atoms with Gasteiger partial charge in [-0.25, -0.2) is 4.98 Å². The minimum absolute atomic E-state index is 0.148. The van der Waals surface area contributed by atoms with Crippen molar-refractivity contribution in [2.75, 3.05) is 5.32 Å². The van der Waals surface area contributed by atoms with Crippen molar-refractivity contribution in [1.82, 2.24) is 4.98 Å². The molecule has 3 aromatic rings. The highest BCUT2D eigenvalue weighted by molar-refractivity contribution is 7.18. The summed E-state index contributed by atoms with van der Waals surface area (Å²) in [5, 5.41) is 4.03. The number of amides is 1. The summed E-state index contributed by atoms with van der Waals surface area (Å²) in [6.07, 6.45) is -0.343. The molecule has 0 saturated carbocycles. The number of hydrogen-bond donors (Lipinski definition) is 1. The molecule has 0 aliphatic carbocycles. The Labute approximate surface area is 170 Å². The van der Waals surface area contributed by atoms with E-state index in [1.165, 1.54) is 6.92 Å². The number of hydrogen-bond acceptors (Lipinski definition) is 5. The van der Waals surface area contributed by atoms with Crippen LogP contribution in [0.3, 0.4) is 0 Å². The fourth-order valence-electron chi connectivity index (χ4n) is 2.38. The molecule has 0 radical (unpaired) electrons. The largest absolute Gasteiger partial charge is 0.453 e. The van der Waals surface area contributed by atoms with Crippen LogP contribution < -0.4 is 5.32 Å². The van der Waals surface area contributed by atoms with E-state index in [-0.39, 0.29) is 11.4 Å². The lowest BCUT2D eigenvalue weighted by molar-refractivity contribution is -0.153. The maximum atomic E-state index is 12.2. The molecule has 0 bridgehead atoms. The van der Waals surface area contributed by atoms with Crippen LogP contribution in [0.1, 0.15) is 18.4 Å². The molecule has 140 valence electrons. The van der Waals surface area contributed by atoms with Crippen LogP contribution in [-0.4, -0.2) is 23.0 Å². The Kier molecular flexibility index (Phi) is 6.31. The van der Waals surface area contributed by atoms with Crippen LogP contribution in [-0.2, 0) is 20.7 Å². The van der Waals surface area contributed by atoms with Crippen LogP contribution in [0.2, 0.25) is 10.0 Å². The van der Waals surface area contributed by atoms with Gasteiger partial charge in [0.25, 0.3) is 5.91 Å². The van der Waals surface area contributed by atoms with Crippen molar-refractivity contribution in [3.63, 3.8) is 0 Å². The third kappa shape index (κ3) is 4.97. The number of rotatable bonds is 6. The molecule has 1 N–H and O–H groups in total. The maximum absolute atomic E-state index is 12.2. The second-order valence-electron chi connectivity index (χ2n) is 5.80. The van der Waals surface area contributed by atoms with Crippen LogP contribution in [0, 0.1) is 0 Å². The molecule has 1 heterocycles. The summed E-state index contributed by atoms with van der Waals surface area (Å²) in [5.74, 6) is -0.943. The van der Waals surface area contributed by atoms with E-state index >= 15 is 0 Å². The van der Waals surface area contributed by atoms with Gasteiger partial charge in [-0.05, 0) is 31.2 Å². The van der Waals surface area contributed by atoms with Gasteiger partial charge in [-0.15, -0.1) is 11.3 Å². The van der Waals surface area contributed by atoms with Gasteiger partial charge in [0.05, 0.1) is 37.4 Å². The highest BCUT2D eigenvalue weighted by Crippen LogP contribution is 2.29. The van der Waals surface area contributed by atoms with E-state index in [0.29, 0.717) is 17.1 Å². The van der Waals surface area contributed by atoms with Crippen molar-refractivity contribution >= 4 is 62.3 Å². The second-order valence-corrected chi connectivity index (χ2v) is 7.70. The first-order chi connectivity index (χ1) is 12.9. The molecule has 0 fully saturated rings. The molecular formula is C19H16Cl2N2O3S. The number of nitrogens with one attached hydrogen (secondary N) is 1. The number of carbonyl (C=O) groups is 2. The summed E-state index contributed by atoms with van der Waals surface area (Å²) in [5.41, 5.74) is 1.28. The Bertz CT molecular complexity index is 957. The van der Waals surface area contributed by atoms with E-state index in [4.69, 9.17) is 27.9 Å². The summed E-state index contributed by atoms with van der Waals surface area (Å²) in [4.78, 5) is 28.7. The number of thiazole rings is 1. The van der Waals surface area contributed by atoms with Crippen molar-refractivity contribution in [2.45, 2.75) is 25.9 Å². The molecule has 2 aromatic carbocycles.